The van der Waals surface area contributed by atoms with E-state index in [4.69, 9.17) is 4.74 Å². The molecule has 0 bridgehead atoms. The summed E-state index contributed by atoms with van der Waals surface area (Å²) in [5, 5.41) is 3.25. The zero-order chi connectivity index (χ0) is 16.4. The molecule has 4 rings (SSSR count). The van der Waals surface area contributed by atoms with E-state index in [0.29, 0.717) is 5.92 Å². The lowest BCUT2D eigenvalue weighted by Crippen LogP contribution is -2.34. The van der Waals surface area contributed by atoms with Gasteiger partial charge in [-0.05, 0) is 24.3 Å². The van der Waals surface area contributed by atoms with E-state index in [2.05, 4.69) is 42.1 Å². The van der Waals surface area contributed by atoms with Gasteiger partial charge in [0.25, 0.3) is 0 Å². The normalized spacial score (nSPS) is 16.1. The van der Waals surface area contributed by atoms with E-state index in [0.717, 1.165) is 49.7 Å². The molecule has 3 aromatic rings. The zero-order valence-electron chi connectivity index (χ0n) is 13.8. The van der Waals surface area contributed by atoms with Crippen molar-refractivity contribution in [1.82, 2.24) is 19.5 Å². The summed E-state index contributed by atoms with van der Waals surface area (Å²) in [6.07, 6.45) is 7.83. The summed E-state index contributed by atoms with van der Waals surface area (Å²) in [7, 11) is 1.74. The molecule has 0 spiro atoms. The Hall–Kier alpha value is -1.99. The van der Waals surface area contributed by atoms with Crippen molar-refractivity contribution in [3.8, 4) is 0 Å². The number of thiophene rings is 1. The molecule has 1 aliphatic heterocycles. The van der Waals surface area contributed by atoms with E-state index in [1.165, 1.54) is 11.2 Å². The Kier molecular flexibility index (Phi) is 4.44. The van der Waals surface area contributed by atoms with Crippen LogP contribution in [0.15, 0.2) is 30.2 Å². The zero-order valence-corrected chi connectivity index (χ0v) is 14.6. The van der Waals surface area contributed by atoms with Crippen molar-refractivity contribution in [2.45, 2.75) is 25.3 Å². The third-order valence-corrected chi connectivity index (χ3v) is 5.51. The molecule has 126 valence electrons. The van der Waals surface area contributed by atoms with E-state index in [1.807, 2.05) is 6.20 Å². The SMILES string of the molecule is COCCn1ccnc1C1CCN(c2ncnc3sccc23)CC1. The molecule has 6 nitrogen and oxygen atoms in total. The maximum atomic E-state index is 5.20. The van der Waals surface area contributed by atoms with Crippen LogP contribution in [0.5, 0.6) is 0 Å². The summed E-state index contributed by atoms with van der Waals surface area (Å²) in [5.41, 5.74) is 0. The molecule has 0 atom stereocenters. The Labute approximate surface area is 145 Å². The summed E-state index contributed by atoms with van der Waals surface area (Å²) in [6.45, 7) is 3.60. The summed E-state index contributed by atoms with van der Waals surface area (Å²) >= 11 is 1.67. The molecule has 0 N–H and O–H groups in total. The van der Waals surface area contributed by atoms with Crippen LogP contribution >= 0.6 is 11.3 Å². The van der Waals surface area contributed by atoms with E-state index in [1.54, 1.807) is 24.8 Å². The Morgan fingerprint density at radius 1 is 1.25 bits per heavy atom. The van der Waals surface area contributed by atoms with Gasteiger partial charge in [0.15, 0.2) is 0 Å². The first-order valence-corrected chi connectivity index (χ1v) is 9.18. The number of anilines is 1. The van der Waals surface area contributed by atoms with Gasteiger partial charge in [0.1, 0.15) is 22.8 Å². The lowest BCUT2D eigenvalue weighted by Gasteiger charge is -2.33. The molecule has 1 saturated heterocycles. The molecule has 7 heteroatoms. The van der Waals surface area contributed by atoms with Crippen molar-refractivity contribution < 1.29 is 4.74 Å². The standard InChI is InChI=1S/C17H21N5OS/c1-23-10-9-22-8-5-18-15(22)13-2-6-21(7-3-13)16-14-4-11-24-17(14)20-12-19-16/h4-5,8,11-13H,2-3,6-7,9-10H2,1H3. The van der Waals surface area contributed by atoms with Crippen LogP contribution in [0.3, 0.4) is 0 Å². The van der Waals surface area contributed by atoms with Gasteiger partial charge in [0.05, 0.1) is 12.0 Å². The topological polar surface area (TPSA) is 56.1 Å². The monoisotopic (exact) mass is 343 g/mol. The molecule has 0 unspecified atom stereocenters. The van der Waals surface area contributed by atoms with E-state index >= 15 is 0 Å². The number of hydrogen-bond donors (Lipinski definition) is 0. The van der Waals surface area contributed by atoms with E-state index in [9.17, 15) is 0 Å². The number of imidazole rings is 1. The van der Waals surface area contributed by atoms with Crippen molar-refractivity contribution in [3.05, 3.63) is 36.0 Å². The number of rotatable bonds is 5. The summed E-state index contributed by atoms with van der Waals surface area (Å²) in [5.74, 6) is 2.77. The molecule has 0 radical (unpaired) electrons. The van der Waals surface area contributed by atoms with Crippen molar-refractivity contribution in [2.75, 3.05) is 31.7 Å². The number of ether oxygens (including phenoxy) is 1. The molecule has 0 aliphatic carbocycles. The van der Waals surface area contributed by atoms with Gasteiger partial charge in [-0.1, -0.05) is 0 Å². The summed E-state index contributed by atoms with van der Waals surface area (Å²) in [6, 6.07) is 2.12. The minimum Gasteiger partial charge on any atom is -0.383 e. The first-order valence-electron chi connectivity index (χ1n) is 8.30. The number of piperidine rings is 1. The van der Waals surface area contributed by atoms with E-state index in [-0.39, 0.29) is 0 Å². The van der Waals surface area contributed by atoms with Crippen LogP contribution in [0.4, 0.5) is 5.82 Å². The predicted octanol–water partition coefficient (Wildman–Crippen LogP) is 2.92. The van der Waals surface area contributed by atoms with Crippen molar-refractivity contribution >= 4 is 27.4 Å². The molecule has 0 saturated carbocycles. The van der Waals surface area contributed by atoms with Crippen LogP contribution in [0.2, 0.25) is 0 Å². The van der Waals surface area contributed by atoms with Crippen LogP contribution in [-0.4, -0.2) is 46.3 Å². The van der Waals surface area contributed by atoms with Crippen molar-refractivity contribution in [1.29, 1.82) is 0 Å². The fourth-order valence-electron chi connectivity index (χ4n) is 3.44. The van der Waals surface area contributed by atoms with Gasteiger partial charge in [0.2, 0.25) is 0 Å². The minimum absolute atomic E-state index is 0.507. The van der Waals surface area contributed by atoms with Gasteiger partial charge >= 0.3 is 0 Å². The molecule has 24 heavy (non-hydrogen) atoms. The van der Waals surface area contributed by atoms with E-state index < -0.39 is 0 Å². The number of aromatic nitrogens is 4. The maximum Gasteiger partial charge on any atom is 0.140 e. The highest BCUT2D eigenvalue weighted by Gasteiger charge is 2.25. The fraction of sp³-hybridized carbons (Fsp3) is 0.471. The molecule has 1 aliphatic rings. The molecule has 4 heterocycles. The number of hydrogen-bond acceptors (Lipinski definition) is 6. The van der Waals surface area contributed by atoms with Crippen LogP contribution in [0.25, 0.3) is 10.2 Å². The van der Waals surface area contributed by atoms with Gasteiger partial charge in [-0.25, -0.2) is 15.0 Å². The second-order valence-corrected chi connectivity index (χ2v) is 6.96. The molecule has 0 amide bonds. The van der Waals surface area contributed by atoms with Gasteiger partial charge in [0, 0.05) is 45.1 Å². The first-order chi connectivity index (χ1) is 11.9. The Morgan fingerprint density at radius 3 is 2.96 bits per heavy atom. The fourth-order valence-corrected chi connectivity index (χ4v) is 4.17. The lowest BCUT2D eigenvalue weighted by atomic mass is 9.95. The smallest absolute Gasteiger partial charge is 0.140 e. The van der Waals surface area contributed by atoms with Gasteiger partial charge in [-0.2, -0.15) is 0 Å². The average molecular weight is 343 g/mol. The molecule has 3 aromatic heterocycles. The lowest BCUT2D eigenvalue weighted by molar-refractivity contribution is 0.185. The van der Waals surface area contributed by atoms with Crippen LogP contribution in [-0.2, 0) is 11.3 Å². The Balaban J connectivity index is 1.47. The van der Waals surface area contributed by atoms with Crippen LogP contribution in [0.1, 0.15) is 24.6 Å². The van der Waals surface area contributed by atoms with Gasteiger partial charge in [-0.15, -0.1) is 11.3 Å². The predicted molar refractivity (Wildman–Crippen MR) is 95.7 cm³/mol. The van der Waals surface area contributed by atoms with Crippen molar-refractivity contribution in [3.63, 3.8) is 0 Å². The van der Waals surface area contributed by atoms with Crippen LogP contribution < -0.4 is 4.90 Å². The molecular formula is C17H21N5OS. The maximum absolute atomic E-state index is 5.20. The third-order valence-electron chi connectivity index (χ3n) is 4.68. The Bertz CT molecular complexity index is 806. The number of methoxy groups -OCH3 is 1. The highest BCUT2D eigenvalue weighted by Crippen LogP contribution is 2.32. The molecular weight excluding hydrogens is 322 g/mol. The third kappa shape index (κ3) is 2.89. The quantitative estimate of drug-likeness (QED) is 0.713. The first kappa shape index (κ1) is 15.5. The highest BCUT2D eigenvalue weighted by atomic mass is 32.1. The number of nitrogens with zero attached hydrogens (tertiary/aromatic N) is 5. The van der Waals surface area contributed by atoms with Crippen LogP contribution in [0, 0.1) is 0 Å². The summed E-state index contributed by atoms with van der Waals surface area (Å²) < 4.78 is 7.42. The average Bonchev–Trinajstić information content (AvgIpc) is 3.29. The second-order valence-electron chi connectivity index (χ2n) is 6.07. The van der Waals surface area contributed by atoms with Gasteiger partial charge < -0.3 is 14.2 Å². The largest absolute Gasteiger partial charge is 0.383 e. The van der Waals surface area contributed by atoms with Crippen molar-refractivity contribution in [2.24, 2.45) is 0 Å². The highest BCUT2D eigenvalue weighted by molar-refractivity contribution is 7.16. The second kappa shape index (κ2) is 6.86. The Morgan fingerprint density at radius 2 is 2.12 bits per heavy atom. The minimum atomic E-state index is 0.507. The molecule has 0 aromatic carbocycles. The molecule has 1 fully saturated rings. The van der Waals surface area contributed by atoms with Gasteiger partial charge in [-0.3, -0.25) is 0 Å². The number of fused-ring (bicyclic) bond motifs is 1. The summed E-state index contributed by atoms with van der Waals surface area (Å²) in [4.78, 5) is 16.9.